The van der Waals surface area contributed by atoms with Crippen LogP contribution in [0, 0.1) is 10.1 Å². The SMILES string of the molecule is O=[N+]([O-])c1ccc(CCOS(=O)(O)=S)cc1. The average Bonchev–Trinajstić information content (AvgIpc) is 2.16. The first kappa shape index (κ1) is 13.0. The lowest BCUT2D eigenvalue weighted by molar-refractivity contribution is -0.384. The summed E-state index contributed by atoms with van der Waals surface area (Å²) in [5.74, 6) is 0. The second-order valence-electron chi connectivity index (χ2n) is 2.92. The molecule has 0 heterocycles. The molecule has 1 unspecified atom stereocenters. The van der Waals surface area contributed by atoms with Crippen LogP contribution in [-0.2, 0) is 30.8 Å². The molecule has 0 amide bonds. The van der Waals surface area contributed by atoms with Crippen LogP contribution in [0.4, 0.5) is 5.69 Å². The first-order chi connectivity index (χ1) is 7.38. The van der Waals surface area contributed by atoms with Crippen LogP contribution in [-0.4, -0.2) is 20.3 Å². The lowest BCUT2D eigenvalue weighted by Crippen LogP contribution is -2.05. The van der Waals surface area contributed by atoms with Gasteiger partial charge in [0.25, 0.3) is 14.7 Å². The molecule has 1 aromatic carbocycles. The molecule has 0 saturated carbocycles. The van der Waals surface area contributed by atoms with Crippen LogP contribution in [0.3, 0.4) is 0 Å². The fourth-order valence-corrected chi connectivity index (χ4v) is 1.55. The van der Waals surface area contributed by atoms with E-state index in [-0.39, 0.29) is 12.3 Å². The van der Waals surface area contributed by atoms with Crippen molar-refractivity contribution in [3.05, 3.63) is 39.9 Å². The Bertz CT molecular complexity index is 468. The predicted octanol–water partition coefficient (Wildman–Crippen LogP) is 1.29. The minimum absolute atomic E-state index is 0.00103. The molecule has 1 aromatic rings. The highest BCUT2D eigenvalue weighted by Gasteiger charge is 2.04. The van der Waals surface area contributed by atoms with E-state index in [2.05, 4.69) is 15.4 Å². The second kappa shape index (κ2) is 5.30. The van der Waals surface area contributed by atoms with Gasteiger partial charge in [-0.3, -0.25) is 18.9 Å². The first-order valence-electron chi connectivity index (χ1n) is 4.23. The van der Waals surface area contributed by atoms with Gasteiger partial charge in [0.15, 0.2) is 0 Å². The quantitative estimate of drug-likeness (QED) is 0.636. The molecule has 0 radical (unpaired) electrons. The topological polar surface area (TPSA) is 89.7 Å². The van der Waals surface area contributed by atoms with Crippen molar-refractivity contribution in [2.45, 2.75) is 6.42 Å². The number of non-ortho nitro benzene ring substituents is 1. The van der Waals surface area contributed by atoms with Gasteiger partial charge in [-0.05, 0) is 12.0 Å². The Kier molecular flexibility index (Phi) is 4.30. The number of hydrogen-bond donors (Lipinski definition) is 1. The highest BCUT2D eigenvalue weighted by atomic mass is 32.9. The van der Waals surface area contributed by atoms with E-state index in [1.54, 1.807) is 12.1 Å². The van der Waals surface area contributed by atoms with E-state index >= 15 is 0 Å². The Balaban J connectivity index is 2.53. The van der Waals surface area contributed by atoms with Gasteiger partial charge in [-0.1, -0.05) is 12.1 Å². The third kappa shape index (κ3) is 4.62. The van der Waals surface area contributed by atoms with Gasteiger partial charge < -0.3 is 0 Å². The third-order valence-corrected chi connectivity index (χ3v) is 2.52. The zero-order chi connectivity index (χ0) is 12.2. The molecular formula is C8H9NO5S2. The Morgan fingerprint density at radius 2 is 2.00 bits per heavy atom. The molecule has 1 rings (SSSR count). The highest BCUT2D eigenvalue weighted by Crippen LogP contribution is 2.12. The van der Waals surface area contributed by atoms with Crippen LogP contribution in [0.5, 0.6) is 0 Å². The van der Waals surface area contributed by atoms with Crippen LogP contribution in [0.25, 0.3) is 0 Å². The number of nitrogens with zero attached hydrogens (tertiary/aromatic N) is 1. The molecule has 0 aliphatic carbocycles. The summed E-state index contributed by atoms with van der Waals surface area (Å²) in [7, 11) is -3.59. The zero-order valence-corrected chi connectivity index (χ0v) is 9.70. The van der Waals surface area contributed by atoms with Gasteiger partial charge in [0.2, 0.25) is 0 Å². The van der Waals surface area contributed by atoms with Crippen LogP contribution >= 0.6 is 0 Å². The molecule has 8 heteroatoms. The van der Waals surface area contributed by atoms with Crippen molar-refractivity contribution in [2.24, 2.45) is 0 Å². The zero-order valence-electron chi connectivity index (χ0n) is 8.07. The normalized spacial score (nSPS) is 14.3. The Hall–Kier alpha value is -1.09. The lowest BCUT2D eigenvalue weighted by atomic mass is 10.1. The van der Waals surface area contributed by atoms with Crippen molar-refractivity contribution in [1.82, 2.24) is 0 Å². The predicted molar refractivity (Wildman–Crippen MR) is 60.9 cm³/mol. The molecule has 0 saturated heterocycles. The molecular weight excluding hydrogens is 254 g/mol. The summed E-state index contributed by atoms with van der Waals surface area (Å²) in [5, 5.41) is 10.4. The van der Waals surface area contributed by atoms with Crippen molar-refractivity contribution >= 4 is 25.9 Å². The monoisotopic (exact) mass is 263 g/mol. The fraction of sp³-hybridized carbons (Fsp3) is 0.250. The summed E-state index contributed by atoms with van der Waals surface area (Å²) >= 11 is 4.13. The van der Waals surface area contributed by atoms with Crippen LogP contribution in [0.2, 0.25) is 0 Å². The molecule has 6 nitrogen and oxygen atoms in total. The van der Waals surface area contributed by atoms with E-state index < -0.39 is 14.0 Å². The van der Waals surface area contributed by atoms with Crippen molar-refractivity contribution in [1.29, 1.82) is 0 Å². The number of benzene rings is 1. The van der Waals surface area contributed by atoms with E-state index in [1.807, 2.05) is 0 Å². The smallest absolute Gasteiger partial charge is 0.269 e. The molecule has 0 aliphatic heterocycles. The lowest BCUT2D eigenvalue weighted by Gasteiger charge is -2.02. The van der Waals surface area contributed by atoms with E-state index in [9.17, 15) is 14.3 Å². The van der Waals surface area contributed by atoms with Crippen molar-refractivity contribution in [3.8, 4) is 0 Å². The first-order valence-corrected chi connectivity index (χ1v) is 6.60. The van der Waals surface area contributed by atoms with Gasteiger partial charge >= 0.3 is 0 Å². The largest absolute Gasteiger partial charge is 0.285 e. The minimum atomic E-state index is -3.59. The summed E-state index contributed by atoms with van der Waals surface area (Å²) in [6.45, 7) is -0.00333. The summed E-state index contributed by atoms with van der Waals surface area (Å²) in [5.41, 5.74) is 0.767. The molecule has 0 aromatic heterocycles. The molecule has 1 atom stereocenters. The van der Waals surface area contributed by atoms with Gasteiger partial charge in [-0.15, -0.1) is 0 Å². The van der Waals surface area contributed by atoms with Gasteiger partial charge in [0, 0.05) is 23.3 Å². The molecule has 0 spiro atoms. The number of nitro groups is 1. The Morgan fingerprint density at radius 1 is 1.44 bits per heavy atom. The van der Waals surface area contributed by atoms with Crippen LogP contribution in [0.1, 0.15) is 5.56 Å². The van der Waals surface area contributed by atoms with Gasteiger partial charge in [-0.2, -0.15) is 4.21 Å². The van der Waals surface area contributed by atoms with Gasteiger partial charge in [-0.25, -0.2) is 0 Å². The maximum atomic E-state index is 10.6. The average molecular weight is 263 g/mol. The summed E-state index contributed by atoms with van der Waals surface area (Å²) in [6.07, 6.45) is 0.367. The highest BCUT2D eigenvalue weighted by molar-refractivity contribution is 8.27. The fourth-order valence-electron chi connectivity index (χ4n) is 1.05. The maximum Gasteiger partial charge on any atom is 0.269 e. The van der Waals surface area contributed by atoms with E-state index in [1.165, 1.54) is 12.1 Å². The summed E-state index contributed by atoms with van der Waals surface area (Å²) in [6, 6.07) is 5.84. The van der Waals surface area contributed by atoms with Crippen molar-refractivity contribution in [3.63, 3.8) is 0 Å². The number of hydrogen-bond acceptors (Lipinski definition) is 5. The van der Waals surface area contributed by atoms with Gasteiger partial charge in [0.05, 0.1) is 11.5 Å². The second-order valence-corrected chi connectivity index (χ2v) is 5.28. The van der Waals surface area contributed by atoms with Crippen LogP contribution in [0.15, 0.2) is 24.3 Å². The Morgan fingerprint density at radius 3 is 2.44 bits per heavy atom. The molecule has 0 fully saturated rings. The molecule has 0 bridgehead atoms. The van der Waals surface area contributed by atoms with E-state index in [4.69, 9.17) is 4.55 Å². The molecule has 1 N–H and O–H groups in total. The maximum absolute atomic E-state index is 10.6. The molecule has 0 aliphatic rings. The van der Waals surface area contributed by atoms with Crippen molar-refractivity contribution < 1.29 is 17.9 Å². The molecule has 88 valence electrons. The van der Waals surface area contributed by atoms with Crippen molar-refractivity contribution in [2.75, 3.05) is 6.61 Å². The molecule has 16 heavy (non-hydrogen) atoms. The van der Waals surface area contributed by atoms with E-state index in [0.29, 0.717) is 6.42 Å². The summed E-state index contributed by atoms with van der Waals surface area (Å²) in [4.78, 5) is 9.86. The number of rotatable bonds is 5. The number of nitro benzene ring substituents is 1. The standard InChI is InChI=1S/C8H9NO5S2/c10-9(11)8-3-1-7(2-4-8)5-6-14-16(12,13)15/h1-4H,5-6H2,(H,12,13,15). The van der Waals surface area contributed by atoms with E-state index in [0.717, 1.165) is 5.56 Å². The van der Waals surface area contributed by atoms with Gasteiger partial charge in [0.1, 0.15) is 0 Å². The summed E-state index contributed by atoms with van der Waals surface area (Å²) < 4.78 is 23.7. The van der Waals surface area contributed by atoms with Crippen LogP contribution < -0.4 is 0 Å². The Labute approximate surface area is 97.1 Å². The third-order valence-electron chi connectivity index (χ3n) is 1.77. The minimum Gasteiger partial charge on any atom is -0.285 e.